The second kappa shape index (κ2) is 9.46. The van der Waals surface area contributed by atoms with Crippen molar-refractivity contribution < 1.29 is 34.2 Å². The Hall–Kier alpha value is -3.39. The van der Waals surface area contributed by atoms with Gasteiger partial charge in [-0.3, -0.25) is 13.9 Å². The van der Waals surface area contributed by atoms with Crippen molar-refractivity contribution in [2.45, 2.75) is 37.5 Å². The molecule has 0 unspecified atom stereocenters. The van der Waals surface area contributed by atoms with Crippen LogP contribution in [0.4, 0.5) is 0 Å². The average molecular weight is 476 g/mol. The van der Waals surface area contributed by atoms with Crippen LogP contribution in [0.3, 0.4) is 0 Å². The van der Waals surface area contributed by atoms with Crippen molar-refractivity contribution in [3.63, 3.8) is 0 Å². The van der Waals surface area contributed by atoms with Gasteiger partial charge in [0.25, 0.3) is 11.8 Å². The monoisotopic (exact) mass is 476 g/mol. The van der Waals surface area contributed by atoms with E-state index in [1.54, 1.807) is 23.9 Å². The largest absolute Gasteiger partial charge is 0.462 e. The standard InChI is InChI=1S/C21H26N5O8/c1-23-11-22-17-14(23)18(30)26(21(32)24(17)2)7-4-8-33-20(31)12-5-3-6-25(9-12)19-16(29)15(28)13(10-27)34-19/h3,5-6,9,11,13,15-16,19,27-29H,4,7-8,10H2,1-2H3/q+1/t13-,15-,16-,19-/m1/s1. The van der Waals surface area contributed by atoms with Crippen molar-refractivity contribution in [2.75, 3.05) is 13.2 Å². The fourth-order valence-corrected chi connectivity index (χ4v) is 3.96. The van der Waals surface area contributed by atoms with Gasteiger partial charge in [-0.15, -0.1) is 0 Å². The molecule has 0 radical (unpaired) electrons. The van der Waals surface area contributed by atoms with Crippen molar-refractivity contribution >= 4 is 17.1 Å². The molecule has 3 aromatic rings. The van der Waals surface area contributed by atoms with Gasteiger partial charge in [0.2, 0.25) is 0 Å². The number of aromatic nitrogens is 5. The lowest BCUT2D eigenvalue weighted by Gasteiger charge is -2.11. The van der Waals surface area contributed by atoms with Crippen molar-refractivity contribution in [1.82, 2.24) is 18.7 Å². The first-order valence-corrected chi connectivity index (χ1v) is 10.7. The Balaban J connectivity index is 1.40. The third-order valence-corrected chi connectivity index (χ3v) is 5.83. The number of aliphatic hydroxyl groups excluding tert-OH is 3. The molecule has 0 spiro atoms. The number of pyridine rings is 1. The lowest BCUT2D eigenvalue weighted by atomic mass is 10.1. The van der Waals surface area contributed by atoms with E-state index < -0.39 is 48.4 Å². The predicted molar refractivity (Wildman–Crippen MR) is 115 cm³/mol. The Morgan fingerprint density at radius 3 is 2.74 bits per heavy atom. The molecule has 4 rings (SSSR count). The summed E-state index contributed by atoms with van der Waals surface area (Å²) in [6.07, 6.45) is 0.170. The van der Waals surface area contributed by atoms with Crippen LogP contribution in [0.15, 0.2) is 40.4 Å². The van der Waals surface area contributed by atoms with E-state index in [9.17, 15) is 29.7 Å². The van der Waals surface area contributed by atoms with Crippen LogP contribution in [0, 0.1) is 0 Å². The molecule has 0 amide bonds. The number of carbonyl (C=O) groups is 1. The minimum absolute atomic E-state index is 0.0411. The Kier molecular flexibility index (Phi) is 6.61. The molecule has 4 heterocycles. The number of hydrogen-bond donors (Lipinski definition) is 3. The van der Waals surface area contributed by atoms with Crippen molar-refractivity contribution in [1.29, 1.82) is 0 Å². The molecule has 1 fully saturated rings. The summed E-state index contributed by atoms with van der Waals surface area (Å²) in [5.74, 6) is -0.650. The van der Waals surface area contributed by atoms with Gasteiger partial charge in [-0.25, -0.2) is 14.6 Å². The summed E-state index contributed by atoms with van der Waals surface area (Å²) in [6.45, 7) is -0.450. The molecule has 182 valence electrons. The highest BCUT2D eigenvalue weighted by Gasteiger charge is 2.48. The van der Waals surface area contributed by atoms with Gasteiger partial charge < -0.3 is 29.4 Å². The smallest absolute Gasteiger partial charge is 0.344 e. The van der Waals surface area contributed by atoms with Gasteiger partial charge in [0.05, 0.1) is 19.5 Å². The SMILES string of the molecule is Cn1cnc2c1c(=O)n(CCCOC(=O)c1ccc[n+]([C@@H]3O[C@H](CO)[C@@H](O)[C@H]3O)c1)c(=O)n2C. The van der Waals surface area contributed by atoms with Crippen LogP contribution in [0.25, 0.3) is 11.2 Å². The van der Waals surface area contributed by atoms with Crippen LogP contribution in [-0.4, -0.2) is 71.5 Å². The van der Waals surface area contributed by atoms with E-state index in [2.05, 4.69) is 4.98 Å². The summed E-state index contributed by atoms with van der Waals surface area (Å²) in [5, 5.41) is 29.3. The van der Waals surface area contributed by atoms with Crippen LogP contribution in [0.2, 0.25) is 0 Å². The molecular formula is C21H26N5O8+. The summed E-state index contributed by atoms with van der Waals surface area (Å²) >= 11 is 0. The van der Waals surface area contributed by atoms with E-state index in [0.29, 0.717) is 11.2 Å². The van der Waals surface area contributed by atoms with Crippen molar-refractivity contribution in [2.24, 2.45) is 14.1 Å². The molecular weight excluding hydrogens is 450 g/mol. The molecule has 0 saturated carbocycles. The minimum atomic E-state index is -1.29. The van der Waals surface area contributed by atoms with E-state index in [4.69, 9.17) is 9.47 Å². The highest BCUT2D eigenvalue weighted by Crippen LogP contribution is 2.25. The number of esters is 1. The van der Waals surface area contributed by atoms with Crippen LogP contribution >= 0.6 is 0 Å². The Morgan fingerprint density at radius 2 is 2.03 bits per heavy atom. The molecule has 4 atom stereocenters. The highest BCUT2D eigenvalue weighted by molar-refractivity contribution is 5.88. The molecule has 1 aliphatic rings. The molecule has 3 aromatic heterocycles. The van der Waals surface area contributed by atoms with Crippen LogP contribution < -0.4 is 15.8 Å². The second-order valence-corrected chi connectivity index (χ2v) is 8.08. The molecule has 0 aliphatic carbocycles. The van der Waals surface area contributed by atoms with Crippen LogP contribution in [0.5, 0.6) is 0 Å². The van der Waals surface area contributed by atoms with Gasteiger partial charge in [-0.1, -0.05) is 0 Å². The third kappa shape index (κ3) is 4.14. The Labute approximate surface area is 192 Å². The number of rotatable bonds is 7. The van der Waals surface area contributed by atoms with Gasteiger partial charge >= 0.3 is 11.7 Å². The molecule has 13 nitrogen and oxygen atoms in total. The van der Waals surface area contributed by atoms with Crippen LogP contribution in [-0.2, 0) is 30.1 Å². The van der Waals surface area contributed by atoms with E-state index in [-0.39, 0.29) is 25.1 Å². The van der Waals surface area contributed by atoms with Gasteiger partial charge in [0.1, 0.15) is 17.8 Å². The van der Waals surface area contributed by atoms with E-state index in [1.807, 2.05) is 0 Å². The summed E-state index contributed by atoms with van der Waals surface area (Å²) < 4.78 is 16.1. The van der Waals surface area contributed by atoms with Crippen molar-refractivity contribution in [3.05, 3.63) is 57.3 Å². The normalized spacial score (nSPS) is 22.4. The van der Waals surface area contributed by atoms with E-state index in [0.717, 1.165) is 4.57 Å². The lowest BCUT2D eigenvalue weighted by Crippen LogP contribution is -2.46. The predicted octanol–water partition coefficient (Wildman–Crippen LogP) is -2.42. The summed E-state index contributed by atoms with van der Waals surface area (Å²) in [5.41, 5.74) is -0.202. The Morgan fingerprint density at radius 1 is 1.26 bits per heavy atom. The summed E-state index contributed by atoms with van der Waals surface area (Å²) in [6, 6.07) is 3.06. The second-order valence-electron chi connectivity index (χ2n) is 8.08. The van der Waals surface area contributed by atoms with E-state index >= 15 is 0 Å². The van der Waals surface area contributed by atoms with E-state index in [1.165, 1.54) is 34.8 Å². The van der Waals surface area contributed by atoms with Gasteiger partial charge in [-0.2, -0.15) is 4.57 Å². The number of imidazole rings is 1. The zero-order valence-electron chi connectivity index (χ0n) is 18.6. The minimum Gasteiger partial charge on any atom is -0.462 e. The number of nitrogens with zero attached hydrogens (tertiary/aromatic N) is 5. The first-order chi connectivity index (χ1) is 16.2. The fourth-order valence-electron chi connectivity index (χ4n) is 3.96. The number of ether oxygens (including phenoxy) is 2. The van der Waals surface area contributed by atoms with Gasteiger partial charge in [-0.05, 0) is 12.5 Å². The maximum atomic E-state index is 12.7. The molecule has 34 heavy (non-hydrogen) atoms. The molecule has 0 bridgehead atoms. The number of fused-ring (bicyclic) bond motifs is 1. The topological polar surface area (TPSA) is 162 Å². The zero-order valence-corrected chi connectivity index (χ0v) is 18.6. The first-order valence-electron chi connectivity index (χ1n) is 10.7. The molecule has 1 saturated heterocycles. The maximum Gasteiger partial charge on any atom is 0.344 e. The quantitative estimate of drug-likeness (QED) is 0.191. The fraction of sp³-hybridized carbons (Fsp3) is 0.476. The maximum absolute atomic E-state index is 12.7. The highest BCUT2D eigenvalue weighted by atomic mass is 16.6. The number of aliphatic hydroxyl groups is 3. The van der Waals surface area contributed by atoms with Gasteiger partial charge in [0.15, 0.2) is 29.7 Å². The summed E-state index contributed by atoms with van der Waals surface area (Å²) in [4.78, 5) is 41.8. The Bertz CT molecular complexity index is 1330. The molecule has 1 aliphatic heterocycles. The molecule has 3 N–H and O–H groups in total. The third-order valence-electron chi connectivity index (χ3n) is 5.83. The molecule has 0 aromatic carbocycles. The number of carbonyl (C=O) groups excluding carboxylic acids is 1. The zero-order chi connectivity index (χ0) is 24.6. The molecule has 13 heteroatoms. The van der Waals surface area contributed by atoms with Crippen LogP contribution in [0.1, 0.15) is 23.0 Å². The average Bonchev–Trinajstić information content (AvgIpc) is 3.36. The first kappa shape index (κ1) is 23.8. The number of aryl methyl sites for hydroxylation is 2. The number of hydrogen-bond acceptors (Lipinski definition) is 9. The van der Waals surface area contributed by atoms with Crippen molar-refractivity contribution in [3.8, 4) is 0 Å². The van der Waals surface area contributed by atoms with Gasteiger partial charge in [0, 0.05) is 26.7 Å². The summed E-state index contributed by atoms with van der Waals surface area (Å²) in [7, 11) is 3.20. The lowest BCUT2D eigenvalue weighted by molar-refractivity contribution is -0.765.